The third kappa shape index (κ3) is 1.79. The molecule has 1 fully saturated rings. The van der Waals surface area contributed by atoms with E-state index in [0.717, 1.165) is 12.8 Å². The Morgan fingerprint density at radius 2 is 2.29 bits per heavy atom. The van der Waals surface area contributed by atoms with Crippen molar-refractivity contribution in [1.82, 2.24) is 9.78 Å². The van der Waals surface area contributed by atoms with Gasteiger partial charge in [-0.1, -0.05) is 10.3 Å². The zero-order valence-electron chi connectivity index (χ0n) is 7.56. The SMILES string of the molecule is O=S(=O)(F)c1ccnn1CC1CCC1. The molecule has 2 rings (SSSR count). The fraction of sp³-hybridized carbons (Fsp3) is 0.625. The predicted molar refractivity (Wildman–Crippen MR) is 47.9 cm³/mol. The van der Waals surface area contributed by atoms with Crippen LogP contribution in [0.4, 0.5) is 3.89 Å². The van der Waals surface area contributed by atoms with Crippen LogP contribution in [0, 0.1) is 5.92 Å². The molecular weight excluding hydrogens is 207 g/mol. The van der Waals surface area contributed by atoms with E-state index >= 15 is 0 Å². The Morgan fingerprint density at radius 3 is 2.79 bits per heavy atom. The normalized spacial score (nSPS) is 18.1. The lowest BCUT2D eigenvalue weighted by atomic mass is 9.85. The summed E-state index contributed by atoms with van der Waals surface area (Å²) >= 11 is 0. The van der Waals surface area contributed by atoms with E-state index in [2.05, 4.69) is 5.10 Å². The molecule has 0 N–H and O–H groups in total. The van der Waals surface area contributed by atoms with Gasteiger partial charge in [0.1, 0.15) is 0 Å². The molecule has 0 atom stereocenters. The summed E-state index contributed by atoms with van der Waals surface area (Å²) in [6, 6.07) is 1.19. The minimum absolute atomic E-state index is 0.329. The minimum atomic E-state index is -4.62. The number of aromatic nitrogens is 2. The average molecular weight is 218 g/mol. The fourth-order valence-corrected chi connectivity index (χ4v) is 2.18. The van der Waals surface area contributed by atoms with Crippen molar-refractivity contribution in [1.29, 1.82) is 0 Å². The molecule has 1 aromatic rings. The third-order valence-corrected chi connectivity index (χ3v) is 3.43. The highest BCUT2D eigenvalue weighted by molar-refractivity contribution is 7.86. The molecule has 0 aromatic carbocycles. The second-order valence-electron chi connectivity index (χ2n) is 3.59. The van der Waals surface area contributed by atoms with Crippen molar-refractivity contribution in [2.75, 3.05) is 0 Å². The molecule has 1 saturated carbocycles. The summed E-state index contributed by atoms with van der Waals surface area (Å²) in [6.45, 7) is 0.505. The van der Waals surface area contributed by atoms with Crippen molar-refractivity contribution in [3.63, 3.8) is 0 Å². The molecule has 1 aromatic heterocycles. The van der Waals surface area contributed by atoms with E-state index in [1.165, 1.54) is 23.4 Å². The van der Waals surface area contributed by atoms with Gasteiger partial charge >= 0.3 is 10.2 Å². The second kappa shape index (κ2) is 3.34. The summed E-state index contributed by atoms with van der Waals surface area (Å²) in [6.07, 6.45) is 4.63. The van der Waals surface area contributed by atoms with E-state index in [4.69, 9.17) is 0 Å². The minimum Gasteiger partial charge on any atom is -0.252 e. The van der Waals surface area contributed by atoms with Crippen molar-refractivity contribution in [3.05, 3.63) is 12.3 Å². The van der Waals surface area contributed by atoms with Crippen LogP contribution in [0.15, 0.2) is 17.3 Å². The van der Waals surface area contributed by atoms with Crippen LogP contribution < -0.4 is 0 Å². The third-order valence-electron chi connectivity index (χ3n) is 2.58. The monoisotopic (exact) mass is 218 g/mol. The van der Waals surface area contributed by atoms with Crippen LogP contribution in [0.1, 0.15) is 19.3 Å². The number of halogens is 1. The fourth-order valence-electron chi connectivity index (χ4n) is 1.58. The van der Waals surface area contributed by atoms with Gasteiger partial charge in [0.2, 0.25) is 0 Å². The highest BCUT2D eigenvalue weighted by atomic mass is 32.3. The van der Waals surface area contributed by atoms with Gasteiger partial charge in [-0.25, -0.2) is 0 Å². The molecular formula is C8H11FN2O2S. The number of hydrogen-bond acceptors (Lipinski definition) is 3. The van der Waals surface area contributed by atoms with Crippen molar-refractivity contribution in [3.8, 4) is 0 Å². The summed E-state index contributed by atoms with van der Waals surface area (Å²) in [4.78, 5) is 0. The van der Waals surface area contributed by atoms with Gasteiger partial charge in [-0.05, 0) is 24.8 Å². The van der Waals surface area contributed by atoms with Gasteiger partial charge in [0.15, 0.2) is 5.03 Å². The summed E-state index contributed by atoms with van der Waals surface area (Å²) < 4.78 is 35.3. The molecule has 0 saturated heterocycles. The van der Waals surface area contributed by atoms with Crippen molar-refractivity contribution in [2.45, 2.75) is 30.8 Å². The van der Waals surface area contributed by atoms with E-state index in [9.17, 15) is 12.3 Å². The lowest BCUT2D eigenvalue weighted by Crippen LogP contribution is -2.20. The van der Waals surface area contributed by atoms with Crippen LogP contribution in [-0.4, -0.2) is 18.2 Å². The molecule has 0 unspecified atom stereocenters. The van der Waals surface area contributed by atoms with Crippen LogP contribution >= 0.6 is 0 Å². The van der Waals surface area contributed by atoms with Crippen LogP contribution in [0.3, 0.4) is 0 Å². The smallest absolute Gasteiger partial charge is 0.252 e. The van der Waals surface area contributed by atoms with E-state index < -0.39 is 10.2 Å². The topological polar surface area (TPSA) is 52.0 Å². The first-order valence-corrected chi connectivity index (χ1v) is 5.92. The van der Waals surface area contributed by atoms with Crippen LogP contribution in [0.2, 0.25) is 0 Å². The van der Waals surface area contributed by atoms with Crippen molar-refractivity contribution >= 4 is 10.2 Å². The Kier molecular flexibility index (Phi) is 2.30. The highest BCUT2D eigenvalue weighted by Crippen LogP contribution is 2.28. The van der Waals surface area contributed by atoms with E-state index in [1.54, 1.807) is 0 Å². The number of nitrogens with zero attached hydrogens (tertiary/aromatic N) is 2. The van der Waals surface area contributed by atoms with Gasteiger partial charge in [0, 0.05) is 6.54 Å². The standard InChI is InChI=1S/C8H11FN2O2S/c9-14(12,13)8-4-5-10-11(8)6-7-2-1-3-7/h4-5,7H,1-3,6H2. The van der Waals surface area contributed by atoms with Gasteiger partial charge in [-0.15, -0.1) is 0 Å². The number of rotatable bonds is 3. The first kappa shape index (κ1) is 9.64. The molecule has 0 amide bonds. The average Bonchev–Trinajstić information content (AvgIpc) is 2.42. The van der Waals surface area contributed by atoms with E-state index in [1.807, 2.05) is 0 Å². The maximum atomic E-state index is 12.7. The zero-order chi connectivity index (χ0) is 10.2. The Bertz CT molecular complexity index is 422. The Labute approximate surface area is 81.9 Å². The number of hydrogen-bond donors (Lipinski definition) is 0. The first-order valence-electron chi connectivity index (χ1n) is 4.54. The van der Waals surface area contributed by atoms with Gasteiger partial charge in [0.25, 0.3) is 0 Å². The summed E-state index contributed by atoms with van der Waals surface area (Å²) in [5.74, 6) is 0.454. The van der Waals surface area contributed by atoms with Gasteiger partial charge in [-0.2, -0.15) is 13.5 Å². The summed E-state index contributed by atoms with van der Waals surface area (Å²) in [5.41, 5.74) is 0. The predicted octanol–water partition coefficient (Wildman–Crippen LogP) is 1.34. The van der Waals surface area contributed by atoms with E-state index in [0.29, 0.717) is 12.5 Å². The van der Waals surface area contributed by atoms with Gasteiger partial charge in [0.05, 0.1) is 6.20 Å². The quantitative estimate of drug-likeness (QED) is 0.719. The molecule has 0 bridgehead atoms. The largest absolute Gasteiger partial charge is 0.349 e. The van der Waals surface area contributed by atoms with Gasteiger partial charge in [-0.3, -0.25) is 4.68 Å². The Morgan fingerprint density at radius 1 is 1.57 bits per heavy atom. The molecule has 1 heterocycles. The highest BCUT2D eigenvalue weighted by Gasteiger charge is 2.23. The van der Waals surface area contributed by atoms with Gasteiger partial charge < -0.3 is 0 Å². The lowest BCUT2D eigenvalue weighted by molar-refractivity contribution is 0.257. The lowest BCUT2D eigenvalue weighted by Gasteiger charge is -2.25. The molecule has 0 radical (unpaired) electrons. The van der Waals surface area contributed by atoms with E-state index in [-0.39, 0.29) is 5.03 Å². The molecule has 4 nitrogen and oxygen atoms in total. The van der Waals surface area contributed by atoms with Crippen LogP contribution in [0.5, 0.6) is 0 Å². The van der Waals surface area contributed by atoms with Crippen molar-refractivity contribution < 1.29 is 12.3 Å². The Hall–Kier alpha value is -0.910. The molecule has 0 spiro atoms. The molecule has 1 aliphatic carbocycles. The molecule has 78 valence electrons. The molecule has 6 heteroatoms. The summed E-state index contributed by atoms with van der Waals surface area (Å²) in [7, 11) is -4.62. The maximum Gasteiger partial charge on any atom is 0.349 e. The zero-order valence-corrected chi connectivity index (χ0v) is 8.37. The Balaban J connectivity index is 2.21. The maximum absolute atomic E-state index is 12.7. The molecule has 1 aliphatic rings. The van der Waals surface area contributed by atoms with Crippen molar-refractivity contribution in [2.24, 2.45) is 5.92 Å². The van der Waals surface area contributed by atoms with Crippen LogP contribution in [-0.2, 0) is 16.8 Å². The molecule has 0 aliphatic heterocycles. The summed E-state index contributed by atoms with van der Waals surface area (Å²) in [5, 5.41) is 3.47. The molecule has 14 heavy (non-hydrogen) atoms. The first-order chi connectivity index (χ1) is 6.57. The van der Waals surface area contributed by atoms with Crippen LogP contribution in [0.25, 0.3) is 0 Å². The second-order valence-corrected chi connectivity index (χ2v) is 4.88.